The van der Waals surface area contributed by atoms with Gasteiger partial charge in [-0.05, 0) is 92.5 Å². The number of rotatable bonds is 9. The normalized spacial score (nSPS) is 14.2. The number of thioether (sulfide) groups is 1. The smallest absolute Gasteiger partial charge is 0.344 e. The molecule has 1 saturated heterocycles. The van der Waals surface area contributed by atoms with Crippen LogP contribution >= 0.6 is 55.2 Å². The number of anilines is 1. The molecule has 1 aliphatic rings. The lowest BCUT2D eigenvalue weighted by molar-refractivity contribution is -0.145. The van der Waals surface area contributed by atoms with E-state index in [1.54, 1.807) is 37.3 Å². The van der Waals surface area contributed by atoms with Crippen LogP contribution in [0.4, 0.5) is 10.5 Å². The van der Waals surface area contributed by atoms with Crippen molar-refractivity contribution >= 4 is 90.0 Å². The van der Waals surface area contributed by atoms with Crippen LogP contribution in [-0.4, -0.2) is 54.8 Å². The number of carbonyl (C=O) groups is 4. The van der Waals surface area contributed by atoms with Crippen LogP contribution in [0, 0.1) is 0 Å². The molecule has 0 bridgehead atoms. The van der Waals surface area contributed by atoms with Gasteiger partial charge in [-0.25, -0.2) is 4.79 Å². The molecule has 1 aliphatic heterocycles. The third-order valence-electron chi connectivity index (χ3n) is 4.57. The average Bonchev–Trinajstić information content (AvgIpc) is 3.07. The van der Waals surface area contributed by atoms with Crippen LogP contribution in [0.3, 0.4) is 0 Å². The zero-order valence-electron chi connectivity index (χ0n) is 18.9. The van der Waals surface area contributed by atoms with Crippen molar-refractivity contribution in [1.29, 1.82) is 0 Å². The number of nitrogens with zero attached hydrogens (tertiary/aromatic N) is 1. The van der Waals surface area contributed by atoms with Crippen molar-refractivity contribution in [2.45, 2.75) is 6.92 Å². The SMILES string of the molecule is CCOC(=O)COc1c(Br)cc(/C=C2\SC(=O)N(CC(=O)Nc3ccc(Br)c(Cl)c3)C2=O)cc1OC. The molecule has 3 amide bonds. The second-order valence-electron chi connectivity index (χ2n) is 7.07. The Kier molecular flexibility index (Phi) is 9.83. The van der Waals surface area contributed by atoms with Crippen LogP contribution in [0.5, 0.6) is 11.5 Å². The van der Waals surface area contributed by atoms with E-state index < -0.39 is 29.6 Å². The van der Waals surface area contributed by atoms with Crippen LogP contribution in [0.25, 0.3) is 6.08 Å². The Labute approximate surface area is 232 Å². The Morgan fingerprint density at radius 1 is 1.17 bits per heavy atom. The molecule has 9 nitrogen and oxygen atoms in total. The highest BCUT2D eigenvalue weighted by Crippen LogP contribution is 2.39. The van der Waals surface area contributed by atoms with Crippen LogP contribution in [0.1, 0.15) is 12.5 Å². The lowest BCUT2D eigenvalue weighted by Gasteiger charge is -2.13. The van der Waals surface area contributed by atoms with Gasteiger partial charge in [0, 0.05) is 10.2 Å². The minimum absolute atomic E-state index is 0.133. The fourth-order valence-corrected chi connectivity index (χ4v) is 4.84. The number of hydrogen-bond acceptors (Lipinski definition) is 8. The van der Waals surface area contributed by atoms with E-state index in [0.717, 1.165) is 4.90 Å². The minimum Gasteiger partial charge on any atom is -0.493 e. The minimum atomic E-state index is -0.605. The number of nitrogens with one attached hydrogen (secondary N) is 1. The fraction of sp³-hybridized carbons (Fsp3) is 0.217. The van der Waals surface area contributed by atoms with E-state index in [-0.39, 0.29) is 23.9 Å². The van der Waals surface area contributed by atoms with Gasteiger partial charge in [-0.15, -0.1) is 0 Å². The summed E-state index contributed by atoms with van der Waals surface area (Å²) in [4.78, 5) is 50.3. The number of carbonyl (C=O) groups excluding carboxylic acids is 4. The molecule has 0 aromatic heterocycles. The van der Waals surface area contributed by atoms with Gasteiger partial charge in [-0.3, -0.25) is 19.3 Å². The molecular weight excluding hydrogens is 644 g/mol. The summed E-state index contributed by atoms with van der Waals surface area (Å²) in [5, 5.41) is 2.44. The van der Waals surface area contributed by atoms with Crippen molar-refractivity contribution < 1.29 is 33.4 Å². The fourth-order valence-electron chi connectivity index (χ4n) is 3.00. The molecule has 13 heteroatoms. The predicted octanol–water partition coefficient (Wildman–Crippen LogP) is 5.49. The largest absolute Gasteiger partial charge is 0.493 e. The highest BCUT2D eigenvalue weighted by atomic mass is 79.9. The van der Waals surface area contributed by atoms with Gasteiger partial charge in [-0.2, -0.15) is 0 Å². The second-order valence-corrected chi connectivity index (χ2v) is 10.2. The van der Waals surface area contributed by atoms with Crippen molar-refractivity contribution in [3.8, 4) is 11.5 Å². The molecule has 2 aromatic rings. The first-order valence-electron chi connectivity index (χ1n) is 10.3. The number of imide groups is 1. The van der Waals surface area contributed by atoms with E-state index in [0.29, 0.717) is 42.7 Å². The first kappa shape index (κ1) is 28.0. The summed E-state index contributed by atoms with van der Waals surface area (Å²) in [5.41, 5.74) is 0.958. The molecule has 1 heterocycles. The van der Waals surface area contributed by atoms with Gasteiger partial charge >= 0.3 is 5.97 Å². The summed E-state index contributed by atoms with van der Waals surface area (Å²) >= 11 is 13.4. The number of hydrogen-bond donors (Lipinski definition) is 1. The zero-order valence-corrected chi connectivity index (χ0v) is 23.7. The van der Waals surface area contributed by atoms with Gasteiger partial charge in [-0.1, -0.05) is 11.6 Å². The molecule has 3 rings (SSSR count). The molecule has 0 atom stereocenters. The molecule has 1 fully saturated rings. The van der Waals surface area contributed by atoms with E-state index in [9.17, 15) is 19.2 Å². The first-order valence-corrected chi connectivity index (χ1v) is 13.1. The standard InChI is InChI=1S/C23H19Br2ClN2O7S/c1-3-34-20(30)11-35-21-15(25)6-12(7-17(21)33-2)8-18-22(31)28(23(32)36-18)10-19(29)27-13-4-5-14(24)16(26)9-13/h4-9H,3,10-11H2,1-2H3,(H,27,29)/b18-8-. The summed E-state index contributed by atoms with van der Waals surface area (Å²) in [6.45, 7) is 1.16. The van der Waals surface area contributed by atoms with E-state index in [2.05, 4.69) is 37.2 Å². The summed E-state index contributed by atoms with van der Waals surface area (Å²) in [5.74, 6) is -1.11. The third-order valence-corrected chi connectivity index (χ3v) is 7.30. The monoisotopic (exact) mass is 660 g/mol. The van der Waals surface area contributed by atoms with Gasteiger partial charge < -0.3 is 19.5 Å². The molecule has 0 unspecified atom stereocenters. The maximum Gasteiger partial charge on any atom is 0.344 e. The first-order chi connectivity index (χ1) is 17.1. The van der Waals surface area contributed by atoms with E-state index >= 15 is 0 Å². The van der Waals surface area contributed by atoms with Gasteiger partial charge in [0.05, 0.1) is 28.1 Å². The number of amides is 3. The molecule has 190 valence electrons. The molecule has 0 spiro atoms. The quantitative estimate of drug-likeness (QED) is 0.277. The maximum atomic E-state index is 12.8. The van der Waals surface area contributed by atoms with Gasteiger partial charge in [0.2, 0.25) is 5.91 Å². The van der Waals surface area contributed by atoms with Crippen molar-refractivity contribution in [2.24, 2.45) is 0 Å². The number of methoxy groups -OCH3 is 1. The van der Waals surface area contributed by atoms with Crippen LogP contribution < -0.4 is 14.8 Å². The van der Waals surface area contributed by atoms with Crippen molar-refractivity contribution in [3.63, 3.8) is 0 Å². The summed E-state index contributed by atoms with van der Waals surface area (Å²) in [6.07, 6.45) is 1.50. The Hall–Kier alpha value is -2.54. The molecule has 36 heavy (non-hydrogen) atoms. The zero-order chi connectivity index (χ0) is 26.4. The molecule has 0 saturated carbocycles. The number of ether oxygens (including phenoxy) is 3. The molecule has 2 aromatic carbocycles. The van der Waals surface area contributed by atoms with E-state index in [1.807, 2.05) is 0 Å². The third kappa shape index (κ3) is 7.02. The molecule has 1 N–H and O–H groups in total. The lowest BCUT2D eigenvalue weighted by Crippen LogP contribution is -2.36. The van der Waals surface area contributed by atoms with Crippen molar-refractivity contribution in [1.82, 2.24) is 4.90 Å². The molecular formula is C23H19Br2ClN2O7S. The molecule has 0 radical (unpaired) electrons. The van der Waals surface area contributed by atoms with Gasteiger partial charge in [0.25, 0.3) is 11.1 Å². The van der Waals surface area contributed by atoms with Gasteiger partial charge in [0.1, 0.15) is 6.54 Å². The van der Waals surface area contributed by atoms with Crippen molar-refractivity contribution in [3.05, 3.63) is 54.8 Å². The number of halogens is 3. The lowest BCUT2D eigenvalue weighted by atomic mass is 10.2. The Morgan fingerprint density at radius 3 is 2.58 bits per heavy atom. The summed E-state index contributed by atoms with van der Waals surface area (Å²) < 4.78 is 16.8. The Balaban J connectivity index is 1.72. The van der Waals surface area contributed by atoms with Crippen LogP contribution in [-0.2, 0) is 19.1 Å². The summed E-state index contributed by atoms with van der Waals surface area (Å²) in [7, 11) is 1.42. The topological polar surface area (TPSA) is 111 Å². The summed E-state index contributed by atoms with van der Waals surface area (Å²) in [6, 6.07) is 8.07. The molecule has 0 aliphatic carbocycles. The number of esters is 1. The Bertz CT molecular complexity index is 1260. The predicted molar refractivity (Wildman–Crippen MR) is 143 cm³/mol. The highest BCUT2D eigenvalue weighted by Gasteiger charge is 2.36. The highest BCUT2D eigenvalue weighted by molar-refractivity contribution is 9.10. The second kappa shape index (κ2) is 12.6. The van der Waals surface area contributed by atoms with E-state index in [4.69, 9.17) is 25.8 Å². The van der Waals surface area contributed by atoms with E-state index in [1.165, 1.54) is 13.2 Å². The van der Waals surface area contributed by atoms with Crippen molar-refractivity contribution in [2.75, 3.05) is 32.2 Å². The van der Waals surface area contributed by atoms with Crippen LogP contribution in [0.2, 0.25) is 5.02 Å². The number of benzene rings is 2. The Morgan fingerprint density at radius 2 is 1.92 bits per heavy atom. The van der Waals surface area contributed by atoms with Gasteiger partial charge in [0.15, 0.2) is 18.1 Å². The maximum absolute atomic E-state index is 12.8. The average molecular weight is 663 g/mol. The van der Waals surface area contributed by atoms with Crippen LogP contribution in [0.15, 0.2) is 44.2 Å².